The molecule has 1 aromatic carbocycles. The van der Waals surface area contributed by atoms with Gasteiger partial charge in [-0.25, -0.2) is 0 Å². The lowest BCUT2D eigenvalue weighted by Gasteiger charge is -2.19. The molecule has 0 spiro atoms. The van der Waals surface area contributed by atoms with Crippen LogP contribution in [-0.4, -0.2) is 25.3 Å². The van der Waals surface area contributed by atoms with Crippen molar-refractivity contribution in [2.75, 3.05) is 13.2 Å². The summed E-state index contributed by atoms with van der Waals surface area (Å²) in [6.45, 7) is 5.82. The van der Waals surface area contributed by atoms with Crippen molar-refractivity contribution in [3.05, 3.63) is 24.3 Å². The third kappa shape index (κ3) is 5.11. The number of nitrogens with one attached hydrogen (secondary N) is 1. The summed E-state index contributed by atoms with van der Waals surface area (Å²) in [6, 6.07) is 8.66. The number of hydrogen-bond acceptors (Lipinski definition) is 3. The van der Waals surface area contributed by atoms with Gasteiger partial charge in [0.25, 0.3) is 0 Å². The lowest BCUT2D eigenvalue weighted by Crippen LogP contribution is -2.32. The van der Waals surface area contributed by atoms with Crippen molar-refractivity contribution in [2.45, 2.75) is 51.7 Å². The van der Waals surface area contributed by atoms with Crippen LogP contribution in [0.15, 0.2) is 24.3 Å². The van der Waals surface area contributed by atoms with Gasteiger partial charge in [-0.1, -0.05) is 19.4 Å². The number of benzene rings is 1. The van der Waals surface area contributed by atoms with Crippen molar-refractivity contribution >= 4 is 0 Å². The molecule has 0 heterocycles. The van der Waals surface area contributed by atoms with Crippen LogP contribution in [0, 0.1) is 0 Å². The maximum absolute atomic E-state index is 6.08. The highest BCUT2D eigenvalue weighted by Gasteiger charge is 2.22. The molecule has 1 aliphatic rings. The first kappa shape index (κ1) is 14.2. The molecule has 0 radical (unpaired) electrons. The minimum Gasteiger partial charge on any atom is -0.494 e. The van der Waals surface area contributed by atoms with Crippen molar-refractivity contribution in [1.82, 2.24) is 5.32 Å². The van der Waals surface area contributed by atoms with Gasteiger partial charge in [-0.3, -0.25) is 0 Å². The summed E-state index contributed by atoms with van der Waals surface area (Å²) < 4.78 is 11.6. The van der Waals surface area contributed by atoms with E-state index in [1.165, 1.54) is 12.8 Å². The Hall–Kier alpha value is -1.22. The minimum atomic E-state index is 0.252. The van der Waals surface area contributed by atoms with E-state index in [0.29, 0.717) is 6.61 Å². The number of ether oxygens (including phenoxy) is 2. The Morgan fingerprint density at radius 3 is 2.74 bits per heavy atom. The highest BCUT2D eigenvalue weighted by molar-refractivity contribution is 5.33. The monoisotopic (exact) mass is 263 g/mol. The first-order chi connectivity index (χ1) is 9.31. The molecular weight excluding hydrogens is 238 g/mol. The van der Waals surface area contributed by atoms with Crippen LogP contribution < -0.4 is 14.8 Å². The largest absolute Gasteiger partial charge is 0.494 e. The summed E-state index contributed by atoms with van der Waals surface area (Å²) >= 11 is 0. The van der Waals surface area contributed by atoms with Crippen molar-refractivity contribution in [1.29, 1.82) is 0 Å². The summed E-state index contributed by atoms with van der Waals surface area (Å²) in [7, 11) is 0. The molecule has 1 aromatic rings. The molecule has 0 aliphatic heterocycles. The Labute approximate surface area is 116 Å². The summed E-state index contributed by atoms with van der Waals surface area (Å²) in [6.07, 6.45) is 5.11. The summed E-state index contributed by atoms with van der Waals surface area (Å²) in [5, 5.41) is 3.55. The van der Waals surface area contributed by atoms with E-state index < -0.39 is 0 Å². The Balaban J connectivity index is 1.88. The van der Waals surface area contributed by atoms with Gasteiger partial charge in [0.15, 0.2) is 0 Å². The lowest BCUT2D eigenvalue weighted by molar-refractivity contribution is 0.185. The number of rotatable bonds is 9. The van der Waals surface area contributed by atoms with Gasteiger partial charge in [-0.2, -0.15) is 0 Å². The smallest absolute Gasteiger partial charge is 0.123 e. The molecule has 1 N–H and O–H groups in total. The summed E-state index contributed by atoms with van der Waals surface area (Å²) in [5.74, 6) is 1.78. The maximum Gasteiger partial charge on any atom is 0.123 e. The van der Waals surface area contributed by atoms with Gasteiger partial charge in [-0.15, -0.1) is 0 Å². The van der Waals surface area contributed by atoms with Crippen LogP contribution in [0.2, 0.25) is 0 Å². The second kappa shape index (κ2) is 7.39. The molecule has 0 bridgehead atoms. The van der Waals surface area contributed by atoms with E-state index in [2.05, 4.69) is 12.2 Å². The van der Waals surface area contributed by atoms with Crippen molar-refractivity contribution in [3.63, 3.8) is 0 Å². The Morgan fingerprint density at radius 2 is 2.05 bits per heavy atom. The topological polar surface area (TPSA) is 30.5 Å². The zero-order valence-corrected chi connectivity index (χ0v) is 12.0. The molecule has 1 atom stereocenters. The molecule has 19 heavy (non-hydrogen) atoms. The highest BCUT2D eigenvalue weighted by atomic mass is 16.5. The van der Waals surface area contributed by atoms with Crippen LogP contribution in [0.25, 0.3) is 0 Å². The van der Waals surface area contributed by atoms with Gasteiger partial charge in [0, 0.05) is 18.7 Å². The van der Waals surface area contributed by atoms with Crippen LogP contribution in [0.4, 0.5) is 0 Å². The van der Waals surface area contributed by atoms with Crippen molar-refractivity contribution in [2.24, 2.45) is 0 Å². The lowest BCUT2D eigenvalue weighted by atomic mass is 10.2. The molecule has 0 amide bonds. The van der Waals surface area contributed by atoms with E-state index in [1.54, 1.807) is 0 Å². The highest BCUT2D eigenvalue weighted by Crippen LogP contribution is 2.22. The minimum absolute atomic E-state index is 0.252. The fraction of sp³-hybridized carbons (Fsp3) is 0.625. The fourth-order valence-electron chi connectivity index (χ4n) is 2.11. The standard InChI is InChI=1S/C16H25NO2/c1-3-6-16(12-17-13-9-10-13)19-15-8-5-7-14(11-15)18-4-2/h5,7-8,11,13,16-17H,3-4,6,9-10,12H2,1-2H3. The molecule has 0 aromatic heterocycles. The predicted molar refractivity (Wildman–Crippen MR) is 78.0 cm³/mol. The molecular formula is C16H25NO2. The summed E-state index contributed by atoms with van der Waals surface area (Å²) in [4.78, 5) is 0. The number of hydrogen-bond donors (Lipinski definition) is 1. The molecule has 106 valence electrons. The second-order valence-corrected chi connectivity index (χ2v) is 5.12. The van der Waals surface area contributed by atoms with Gasteiger partial charge < -0.3 is 14.8 Å². The molecule has 1 saturated carbocycles. The Kier molecular flexibility index (Phi) is 5.52. The fourth-order valence-corrected chi connectivity index (χ4v) is 2.11. The molecule has 1 fully saturated rings. The third-order valence-corrected chi connectivity index (χ3v) is 3.24. The van der Waals surface area contributed by atoms with Crippen molar-refractivity contribution in [3.8, 4) is 11.5 Å². The summed E-state index contributed by atoms with van der Waals surface area (Å²) in [5.41, 5.74) is 0. The van der Waals surface area contributed by atoms with Crippen molar-refractivity contribution < 1.29 is 9.47 Å². The quantitative estimate of drug-likeness (QED) is 0.741. The molecule has 3 heteroatoms. The Bertz CT molecular complexity index is 377. The van der Waals surface area contributed by atoms with E-state index in [9.17, 15) is 0 Å². The second-order valence-electron chi connectivity index (χ2n) is 5.12. The van der Waals surface area contributed by atoms with E-state index in [0.717, 1.165) is 36.9 Å². The predicted octanol–water partition coefficient (Wildman–Crippen LogP) is 3.38. The molecule has 1 unspecified atom stereocenters. The average molecular weight is 263 g/mol. The first-order valence-electron chi connectivity index (χ1n) is 7.44. The van der Waals surface area contributed by atoms with Gasteiger partial charge in [0.05, 0.1) is 6.61 Å². The van der Waals surface area contributed by atoms with E-state index >= 15 is 0 Å². The van der Waals surface area contributed by atoms with Crippen LogP contribution >= 0.6 is 0 Å². The molecule has 1 aliphatic carbocycles. The van der Waals surface area contributed by atoms with E-state index in [-0.39, 0.29) is 6.10 Å². The van der Waals surface area contributed by atoms with E-state index in [4.69, 9.17) is 9.47 Å². The molecule has 2 rings (SSSR count). The van der Waals surface area contributed by atoms with E-state index in [1.807, 2.05) is 31.2 Å². The maximum atomic E-state index is 6.08. The van der Waals surface area contributed by atoms with Crippen LogP contribution in [0.5, 0.6) is 11.5 Å². The zero-order chi connectivity index (χ0) is 13.5. The van der Waals surface area contributed by atoms with Crippen LogP contribution in [0.1, 0.15) is 39.5 Å². The van der Waals surface area contributed by atoms with Gasteiger partial charge in [0.2, 0.25) is 0 Å². The first-order valence-corrected chi connectivity index (χ1v) is 7.44. The average Bonchev–Trinajstić information content (AvgIpc) is 3.21. The van der Waals surface area contributed by atoms with Crippen LogP contribution in [-0.2, 0) is 0 Å². The third-order valence-electron chi connectivity index (χ3n) is 3.24. The van der Waals surface area contributed by atoms with Crippen LogP contribution in [0.3, 0.4) is 0 Å². The SMILES string of the molecule is CCCC(CNC1CC1)Oc1cccc(OCC)c1. The zero-order valence-electron chi connectivity index (χ0n) is 12.0. The Morgan fingerprint density at radius 1 is 1.26 bits per heavy atom. The van der Waals surface area contributed by atoms with Gasteiger partial charge >= 0.3 is 0 Å². The van der Waals surface area contributed by atoms with Gasteiger partial charge in [-0.05, 0) is 38.3 Å². The normalized spacial score (nSPS) is 16.1. The van der Waals surface area contributed by atoms with Gasteiger partial charge in [0.1, 0.15) is 17.6 Å². The molecule has 3 nitrogen and oxygen atoms in total. The molecule has 0 saturated heterocycles.